The van der Waals surface area contributed by atoms with Crippen LogP contribution in [0, 0.1) is 5.82 Å². The molecular weight excluding hydrogens is 281 g/mol. The van der Waals surface area contributed by atoms with E-state index >= 15 is 0 Å². The molecule has 1 N–H and O–H groups in total. The zero-order valence-electron chi connectivity index (χ0n) is 12.4. The quantitative estimate of drug-likeness (QED) is 0.942. The van der Waals surface area contributed by atoms with Gasteiger partial charge in [-0.15, -0.1) is 0 Å². The van der Waals surface area contributed by atoms with Gasteiger partial charge in [-0.2, -0.15) is 0 Å². The summed E-state index contributed by atoms with van der Waals surface area (Å²) >= 11 is 0. The first-order valence-electron chi connectivity index (χ1n) is 7.55. The zero-order valence-corrected chi connectivity index (χ0v) is 12.4. The Labute approximate surface area is 130 Å². The largest absolute Gasteiger partial charge is 0.387 e. The van der Waals surface area contributed by atoms with Crippen molar-refractivity contribution in [3.8, 4) is 0 Å². The third-order valence-electron chi connectivity index (χ3n) is 4.01. The first-order valence-corrected chi connectivity index (χ1v) is 7.55. The number of morpholine rings is 1. The van der Waals surface area contributed by atoms with E-state index in [9.17, 15) is 9.50 Å². The van der Waals surface area contributed by atoms with Gasteiger partial charge in [0.1, 0.15) is 5.82 Å². The number of aliphatic hydroxyl groups is 1. The number of rotatable bonds is 4. The third kappa shape index (κ3) is 3.71. The Kier molecular flexibility index (Phi) is 4.83. The molecule has 1 aliphatic rings. The number of hydrogen-bond donors (Lipinski definition) is 1. The molecule has 1 heterocycles. The van der Waals surface area contributed by atoms with E-state index in [0.29, 0.717) is 19.7 Å². The van der Waals surface area contributed by atoms with Crippen LogP contribution in [0.15, 0.2) is 54.6 Å². The second-order valence-corrected chi connectivity index (χ2v) is 5.60. The van der Waals surface area contributed by atoms with Crippen LogP contribution >= 0.6 is 0 Å². The lowest BCUT2D eigenvalue weighted by Gasteiger charge is -2.34. The Morgan fingerprint density at radius 1 is 1.14 bits per heavy atom. The Balaban J connectivity index is 1.62. The highest BCUT2D eigenvalue weighted by Gasteiger charge is 2.23. The van der Waals surface area contributed by atoms with Gasteiger partial charge in [0, 0.05) is 19.6 Å². The number of aliphatic hydroxyl groups excluding tert-OH is 1. The summed E-state index contributed by atoms with van der Waals surface area (Å²) in [4.78, 5) is 2.19. The zero-order chi connectivity index (χ0) is 15.4. The van der Waals surface area contributed by atoms with Gasteiger partial charge in [0.25, 0.3) is 0 Å². The van der Waals surface area contributed by atoms with Gasteiger partial charge >= 0.3 is 0 Å². The normalized spacial score (nSPS) is 20.7. The molecule has 0 saturated carbocycles. The molecular formula is C18H20FNO2. The lowest BCUT2D eigenvalue weighted by molar-refractivity contribution is -0.0424. The average molecular weight is 301 g/mol. The SMILES string of the molecule is O[C@H](CN1CCO[C@@H](c2ccc(F)cc2)C1)c1ccccc1. The van der Waals surface area contributed by atoms with E-state index < -0.39 is 6.10 Å². The molecule has 1 saturated heterocycles. The van der Waals surface area contributed by atoms with Crippen molar-refractivity contribution in [3.05, 3.63) is 71.5 Å². The van der Waals surface area contributed by atoms with E-state index in [-0.39, 0.29) is 11.9 Å². The minimum absolute atomic E-state index is 0.0719. The number of hydrogen-bond acceptors (Lipinski definition) is 3. The molecule has 0 spiro atoms. The van der Waals surface area contributed by atoms with E-state index in [1.54, 1.807) is 12.1 Å². The van der Waals surface area contributed by atoms with Crippen LogP contribution in [0.4, 0.5) is 4.39 Å². The fourth-order valence-corrected chi connectivity index (χ4v) is 2.77. The van der Waals surface area contributed by atoms with E-state index in [2.05, 4.69) is 4.90 Å². The molecule has 0 unspecified atom stereocenters. The van der Waals surface area contributed by atoms with Gasteiger partial charge in [-0.3, -0.25) is 4.90 Å². The lowest BCUT2D eigenvalue weighted by Crippen LogP contribution is -2.40. The van der Waals surface area contributed by atoms with E-state index in [1.165, 1.54) is 12.1 Å². The van der Waals surface area contributed by atoms with Crippen LogP contribution in [0.5, 0.6) is 0 Å². The molecule has 22 heavy (non-hydrogen) atoms. The first-order chi connectivity index (χ1) is 10.7. The van der Waals surface area contributed by atoms with Crippen molar-refractivity contribution in [2.45, 2.75) is 12.2 Å². The van der Waals surface area contributed by atoms with Crippen molar-refractivity contribution in [2.24, 2.45) is 0 Å². The van der Waals surface area contributed by atoms with Crippen molar-refractivity contribution < 1.29 is 14.2 Å². The van der Waals surface area contributed by atoms with E-state index in [0.717, 1.165) is 17.7 Å². The highest BCUT2D eigenvalue weighted by atomic mass is 19.1. The summed E-state index contributed by atoms with van der Waals surface area (Å²) in [6, 6.07) is 16.1. The summed E-state index contributed by atoms with van der Waals surface area (Å²) in [7, 11) is 0. The molecule has 1 fully saturated rings. The molecule has 0 amide bonds. The predicted octanol–water partition coefficient (Wildman–Crippen LogP) is 2.93. The van der Waals surface area contributed by atoms with Crippen LogP contribution in [0.1, 0.15) is 23.3 Å². The minimum atomic E-state index is -0.506. The molecule has 2 aromatic carbocycles. The molecule has 4 heteroatoms. The molecule has 1 aliphatic heterocycles. The molecule has 0 aliphatic carbocycles. The molecule has 0 aromatic heterocycles. The second-order valence-electron chi connectivity index (χ2n) is 5.60. The summed E-state index contributed by atoms with van der Waals surface area (Å²) in [6.45, 7) is 2.69. The molecule has 116 valence electrons. The van der Waals surface area contributed by atoms with Crippen molar-refractivity contribution in [1.29, 1.82) is 0 Å². The smallest absolute Gasteiger partial charge is 0.123 e. The van der Waals surface area contributed by atoms with E-state index in [4.69, 9.17) is 4.74 Å². The monoisotopic (exact) mass is 301 g/mol. The van der Waals surface area contributed by atoms with Crippen LogP contribution in [0.2, 0.25) is 0 Å². The fourth-order valence-electron chi connectivity index (χ4n) is 2.77. The van der Waals surface area contributed by atoms with Gasteiger partial charge in [-0.1, -0.05) is 42.5 Å². The van der Waals surface area contributed by atoms with E-state index in [1.807, 2.05) is 30.3 Å². The molecule has 3 rings (SSSR count). The Hall–Kier alpha value is -1.75. The summed E-state index contributed by atoms with van der Waals surface area (Å²) in [5.74, 6) is -0.240. The number of benzene rings is 2. The molecule has 2 atom stereocenters. The maximum atomic E-state index is 13.0. The molecule has 2 aromatic rings. The van der Waals surface area contributed by atoms with Crippen LogP contribution < -0.4 is 0 Å². The maximum absolute atomic E-state index is 13.0. The number of nitrogens with zero attached hydrogens (tertiary/aromatic N) is 1. The summed E-state index contributed by atoms with van der Waals surface area (Å²) in [6.07, 6.45) is -0.578. The van der Waals surface area contributed by atoms with Crippen molar-refractivity contribution in [1.82, 2.24) is 4.90 Å². The number of ether oxygens (including phenoxy) is 1. The van der Waals surface area contributed by atoms with Gasteiger partial charge in [0.2, 0.25) is 0 Å². The standard InChI is InChI=1S/C18H20FNO2/c19-16-8-6-15(7-9-16)18-13-20(10-11-22-18)12-17(21)14-4-2-1-3-5-14/h1-9,17-18,21H,10-13H2/t17-,18-/m1/s1. The predicted molar refractivity (Wildman–Crippen MR) is 82.9 cm³/mol. The van der Waals surface area contributed by atoms with Crippen molar-refractivity contribution in [2.75, 3.05) is 26.2 Å². The van der Waals surface area contributed by atoms with Gasteiger partial charge in [0.05, 0.1) is 18.8 Å². The van der Waals surface area contributed by atoms with Crippen LogP contribution in [0.3, 0.4) is 0 Å². The molecule has 0 radical (unpaired) electrons. The topological polar surface area (TPSA) is 32.7 Å². The van der Waals surface area contributed by atoms with Crippen LogP contribution in [0.25, 0.3) is 0 Å². The summed E-state index contributed by atoms with van der Waals surface area (Å²) < 4.78 is 18.8. The third-order valence-corrected chi connectivity index (χ3v) is 4.01. The van der Waals surface area contributed by atoms with Crippen LogP contribution in [-0.2, 0) is 4.74 Å². The fraction of sp³-hybridized carbons (Fsp3) is 0.333. The van der Waals surface area contributed by atoms with Crippen LogP contribution in [-0.4, -0.2) is 36.2 Å². The number of β-amino-alcohol motifs (C(OH)–C–C–N with tert-alkyl or cyclic N) is 1. The highest BCUT2D eigenvalue weighted by molar-refractivity contribution is 5.20. The molecule has 0 bridgehead atoms. The lowest BCUT2D eigenvalue weighted by atomic mass is 10.1. The summed E-state index contributed by atoms with van der Waals surface area (Å²) in [5.41, 5.74) is 1.90. The summed E-state index contributed by atoms with van der Waals surface area (Å²) in [5, 5.41) is 10.3. The van der Waals surface area contributed by atoms with Gasteiger partial charge < -0.3 is 9.84 Å². The van der Waals surface area contributed by atoms with Gasteiger partial charge in [-0.05, 0) is 23.3 Å². The highest BCUT2D eigenvalue weighted by Crippen LogP contribution is 2.24. The first kappa shape index (κ1) is 15.2. The van der Waals surface area contributed by atoms with Crippen molar-refractivity contribution in [3.63, 3.8) is 0 Å². The number of halogens is 1. The van der Waals surface area contributed by atoms with Gasteiger partial charge in [-0.25, -0.2) is 4.39 Å². The average Bonchev–Trinajstić information content (AvgIpc) is 2.56. The Bertz CT molecular complexity index is 588. The molecule has 3 nitrogen and oxygen atoms in total. The Morgan fingerprint density at radius 3 is 2.59 bits per heavy atom. The van der Waals surface area contributed by atoms with Crippen molar-refractivity contribution >= 4 is 0 Å². The maximum Gasteiger partial charge on any atom is 0.123 e. The van der Waals surface area contributed by atoms with Gasteiger partial charge in [0.15, 0.2) is 0 Å². The second kappa shape index (κ2) is 7.01. The Morgan fingerprint density at radius 2 is 1.86 bits per heavy atom. The minimum Gasteiger partial charge on any atom is -0.387 e.